The summed E-state index contributed by atoms with van der Waals surface area (Å²) in [7, 11) is 0. The maximum Gasteiger partial charge on any atom is 0.142 e. The van der Waals surface area contributed by atoms with Gasteiger partial charge in [0, 0.05) is 0 Å². The van der Waals surface area contributed by atoms with E-state index in [1.54, 1.807) is 0 Å². The summed E-state index contributed by atoms with van der Waals surface area (Å²) < 4.78 is 5.76. The van der Waals surface area contributed by atoms with Gasteiger partial charge in [-0.2, -0.15) is 0 Å². The van der Waals surface area contributed by atoms with Gasteiger partial charge in [-0.1, -0.05) is 63.6 Å². The zero-order chi connectivity index (χ0) is 17.1. The number of ether oxygens (including phenoxy) is 1. The third-order valence-corrected chi connectivity index (χ3v) is 3.13. The fourth-order valence-electron chi connectivity index (χ4n) is 2.00. The number of benzene rings is 2. The van der Waals surface area contributed by atoms with E-state index in [1.807, 2.05) is 56.3 Å². The Morgan fingerprint density at radius 3 is 2.22 bits per heavy atom. The fourth-order valence-corrected chi connectivity index (χ4v) is 2.00. The molecule has 126 valence electrons. The molecule has 2 aromatic carbocycles. The highest BCUT2D eigenvalue weighted by Crippen LogP contribution is 2.24. The number of hydrogen-bond donors (Lipinski definition) is 2. The largest absolute Gasteiger partial charge is 0.487 e. The van der Waals surface area contributed by atoms with Crippen LogP contribution in [-0.2, 0) is 13.0 Å². The molecule has 4 N–H and O–H groups in total. The van der Waals surface area contributed by atoms with E-state index in [2.05, 4.69) is 13.0 Å². The van der Waals surface area contributed by atoms with E-state index in [4.69, 9.17) is 16.2 Å². The number of rotatable bonds is 6. The van der Waals surface area contributed by atoms with Crippen LogP contribution in [-0.4, -0.2) is 6.04 Å². The average molecular weight is 314 g/mol. The van der Waals surface area contributed by atoms with Crippen molar-refractivity contribution in [1.29, 1.82) is 0 Å². The molecule has 0 saturated carbocycles. The molecule has 0 bridgehead atoms. The van der Waals surface area contributed by atoms with E-state index in [0.717, 1.165) is 23.4 Å². The first-order valence-corrected chi connectivity index (χ1v) is 8.33. The lowest BCUT2D eigenvalue weighted by Crippen LogP contribution is -2.06. The minimum atomic E-state index is 0.333. The Bertz CT molecular complexity index is 550. The van der Waals surface area contributed by atoms with Crippen LogP contribution in [0.5, 0.6) is 5.75 Å². The average Bonchev–Trinajstić information content (AvgIpc) is 2.52. The summed E-state index contributed by atoms with van der Waals surface area (Å²) in [5.74, 6) is 0.768. The van der Waals surface area contributed by atoms with Crippen LogP contribution in [0.2, 0.25) is 0 Å². The summed E-state index contributed by atoms with van der Waals surface area (Å²) >= 11 is 0. The third kappa shape index (κ3) is 8.27. The molecule has 0 saturated heterocycles. The van der Waals surface area contributed by atoms with Crippen molar-refractivity contribution in [3.05, 3.63) is 59.7 Å². The molecular weight excluding hydrogens is 284 g/mol. The van der Waals surface area contributed by atoms with Gasteiger partial charge in [0.15, 0.2) is 0 Å². The molecule has 23 heavy (non-hydrogen) atoms. The van der Waals surface area contributed by atoms with Crippen molar-refractivity contribution in [1.82, 2.24) is 0 Å². The SMILES string of the molecule is CC(C)N.CCCCc1ccc(OCc2ccccc2)c(N)c1. The summed E-state index contributed by atoms with van der Waals surface area (Å²) in [6.07, 6.45) is 3.48. The van der Waals surface area contributed by atoms with Gasteiger partial charge in [-0.05, 0) is 42.1 Å². The van der Waals surface area contributed by atoms with Crippen LogP contribution >= 0.6 is 0 Å². The van der Waals surface area contributed by atoms with Gasteiger partial charge in [-0.25, -0.2) is 0 Å². The van der Waals surface area contributed by atoms with Crippen molar-refractivity contribution >= 4 is 5.69 Å². The van der Waals surface area contributed by atoms with E-state index in [1.165, 1.54) is 18.4 Å². The minimum absolute atomic E-state index is 0.333. The van der Waals surface area contributed by atoms with Crippen LogP contribution in [0.4, 0.5) is 5.69 Å². The molecule has 0 aliphatic rings. The first-order valence-electron chi connectivity index (χ1n) is 8.33. The highest BCUT2D eigenvalue weighted by molar-refractivity contribution is 5.54. The first-order chi connectivity index (χ1) is 11.0. The Labute approximate surface area is 140 Å². The third-order valence-electron chi connectivity index (χ3n) is 3.13. The van der Waals surface area contributed by atoms with Crippen LogP contribution < -0.4 is 16.2 Å². The summed E-state index contributed by atoms with van der Waals surface area (Å²) in [6, 6.07) is 16.6. The lowest BCUT2D eigenvalue weighted by molar-refractivity contribution is 0.308. The van der Waals surface area contributed by atoms with Crippen molar-refractivity contribution in [2.45, 2.75) is 52.7 Å². The van der Waals surface area contributed by atoms with E-state index in [-0.39, 0.29) is 0 Å². The topological polar surface area (TPSA) is 61.3 Å². The number of unbranched alkanes of at least 4 members (excludes halogenated alkanes) is 1. The maximum atomic E-state index is 6.03. The lowest BCUT2D eigenvalue weighted by Gasteiger charge is -2.10. The molecular formula is C20H30N2O. The molecule has 0 unspecified atom stereocenters. The molecule has 0 radical (unpaired) electrons. The van der Waals surface area contributed by atoms with Gasteiger partial charge in [-0.15, -0.1) is 0 Å². The number of aryl methyl sites for hydroxylation is 1. The molecule has 0 atom stereocenters. The van der Waals surface area contributed by atoms with Gasteiger partial charge >= 0.3 is 0 Å². The van der Waals surface area contributed by atoms with Gasteiger partial charge < -0.3 is 16.2 Å². The summed E-state index contributed by atoms with van der Waals surface area (Å²) in [6.45, 7) is 6.64. The van der Waals surface area contributed by atoms with E-state index in [0.29, 0.717) is 12.6 Å². The van der Waals surface area contributed by atoms with Gasteiger partial charge in [0.05, 0.1) is 5.69 Å². The van der Waals surface area contributed by atoms with Crippen molar-refractivity contribution in [2.24, 2.45) is 5.73 Å². The maximum absolute atomic E-state index is 6.03. The smallest absolute Gasteiger partial charge is 0.142 e. The van der Waals surface area contributed by atoms with Crippen LogP contribution in [0.25, 0.3) is 0 Å². The van der Waals surface area contributed by atoms with Gasteiger partial charge in [0.25, 0.3) is 0 Å². The van der Waals surface area contributed by atoms with Gasteiger partial charge in [-0.3, -0.25) is 0 Å². The minimum Gasteiger partial charge on any atom is -0.487 e. The Morgan fingerprint density at radius 1 is 1.00 bits per heavy atom. The molecule has 3 nitrogen and oxygen atoms in total. The van der Waals surface area contributed by atoms with Crippen LogP contribution in [0, 0.1) is 0 Å². The zero-order valence-electron chi connectivity index (χ0n) is 14.6. The van der Waals surface area contributed by atoms with Crippen molar-refractivity contribution in [3.8, 4) is 5.75 Å². The van der Waals surface area contributed by atoms with E-state index < -0.39 is 0 Å². The molecule has 0 heterocycles. The second kappa shape index (κ2) is 10.7. The van der Waals surface area contributed by atoms with Crippen LogP contribution in [0.3, 0.4) is 0 Å². The van der Waals surface area contributed by atoms with Gasteiger partial charge in [0.2, 0.25) is 0 Å². The molecule has 0 aliphatic heterocycles. The number of anilines is 1. The highest BCUT2D eigenvalue weighted by Gasteiger charge is 2.02. The molecule has 0 spiro atoms. The van der Waals surface area contributed by atoms with Crippen molar-refractivity contribution < 1.29 is 4.74 Å². The van der Waals surface area contributed by atoms with Crippen LogP contribution in [0.1, 0.15) is 44.7 Å². The quantitative estimate of drug-likeness (QED) is 0.769. The van der Waals surface area contributed by atoms with Crippen LogP contribution in [0.15, 0.2) is 48.5 Å². The molecule has 2 aromatic rings. The first kappa shape index (κ1) is 19.0. The number of nitrogen functional groups attached to an aromatic ring is 1. The predicted molar refractivity (Wildman–Crippen MR) is 99.6 cm³/mol. The number of hydrogen-bond acceptors (Lipinski definition) is 3. The highest BCUT2D eigenvalue weighted by atomic mass is 16.5. The Kier molecular flexibility index (Phi) is 8.85. The summed E-state index contributed by atoms with van der Waals surface area (Å²) in [5.41, 5.74) is 14.3. The molecule has 0 fully saturated rings. The normalized spacial score (nSPS) is 10.1. The zero-order valence-corrected chi connectivity index (χ0v) is 14.6. The molecule has 3 heteroatoms. The van der Waals surface area contributed by atoms with Gasteiger partial charge in [0.1, 0.15) is 12.4 Å². The molecule has 0 aromatic heterocycles. The second-order valence-electron chi connectivity index (χ2n) is 5.99. The summed E-state index contributed by atoms with van der Waals surface area (Å²) in [5, 5.41) is 0. The standard InChI is InChI=1S/C17H21NO.C3H9N/c1-2-3-7-14-10-11-17(16(18)12-14)19-13-15-8-5-4-6-9-15;1-3(2)4/h4-6,8-12H,2-3,7,13,18H2,1H3;3H,4H2,1-2H3. The second-order valence-corrected chi connectivity index (χ2v) is 5.99. The molecule has 0 aliphatic carbocycles. The van der Waals surface area contributed by atoms with E-state index >= 15 is 0 Å². The Balaban J connectivity index is 0.000000593. The monoisotopic (exact) mass is 314 g/mol. The fraction of sp³-hybridized carbons (Fsp3) is 0.400. The Morgan fingerprint density at radius 2 is 1.65 bits per heavy atom. The predicted octanol–water partition coefficient (Wildman–Crippen LogP) is 4.54. The molecule has 0 amide bonds. The summed E-state index contributed by atoms with van der Waals surface area (Å²) in [4.78, 5) is 0. The Hall–Kier alpha value is -2.00. The molecule has 2 rings (SSSR count). The van der Waals surface area contributed by atoms with Crippen molar-refractivity contribution in [2.75, 3.05) is 5.73 Å². The van der Waals surface area contributed by atoms with Crippen molar-refractivity contribution in [3.63, 3.8) is 0 Å². The lowest BCUT2D eigenvalue weighted by atomic mass is 10.1. The number of nitrogens with two attached hydrogens (primary N) is 2. The van der Waals surface area contributed by atoms with E-state index in [9.17, 15) is 0 Å².